The maximum absolute atomic E-state index is 11.4. The first-order valence-corrected chi connectivity index (χ1v) is 9.18. The van der Waals surface area contributed by atoms with Crippen molar-refractivity contribution in [2.24, 2.45) is 0 Å². The summed E-state index contributed by atoms with van der Waals surface area (Å²) in [6.07, 6.45) is 2.26. The molecule has 1 unspecified atom stereocenters. The van der Waals surface area contributed by atoms with Crippen LogP contribution in [0.15, 0.2) is 40.7 Å². The normalized spacial score (nSPS) is 13.5. The van der Waals surface area contributed by atoms with Gasteiger partial charge in [-0.25, -0.2) is 13.4 Å². The summed E-state index contributed by atoms with van der Waals surface area (Å²) in [5.41, 5.74) is 0.702. The lowest BCUT2D eigenvalue weighted by Gasteiger charge is -2.19. The van der Waals surface area contributed by atoms with Crippen molar-refractivity contribution in [2.45, 2.75) is 17.5 Å². The summed E-state index contributed by atoms with van der Waals surface area (Å²) in [6, 6.07) is 6.35. The Morgan fingerprint density at radius 1 is 1.33 bits per heavy atom. The average molecular weight is 326 g/mol. The predicted octanol–water partition coefficient (Wildman–Crippen LogP) is 1.71. The van der Waals surface area contributed by atoms with Gasteiger partial charge in [0.05, 0.1) is 17.5 Å². The Morgan fingerprint density at radius 2 is 2.00 bits per heavy atom. The van der Waals surface area contributed by atoms with Crippen LogP contribution in [0.3, 0.4) is 0 Å². The Labute approximate surface area is 128 Å². The third-order valence-corrected chi connectivity index (χ3v) is 4.96. The van der Waals surface area contributed by atoms with Crippen LogP contribution in [0, 0.1) is 0 Å². The lowest BCUT2D eigenvalue weighted by Crippen LogP contribution is -2.24. The van der Waals surface area contributed by atoms with Crippen LogP contribution in [0.2, 0.25) is 0 Å². The van der Waals surface area contributed by atoms with Crippen molar-refractivity contribution in [1.82, 2.24) is 9.88 Å². The number of aliphatic hydroxyl groups is 1. The van der Waals surface area contributed by atoms with Crippen molar-refractivity contribution in [2.75, 3.05) is 19.8 Å². The van der Waals surface area contributed by atoms with Gasteiger partial charge in [0.15, 0.2) is 9.84 Å². The highest BCUT2D eigenvalue weighted by atomic mass is 32.2. The van der Waals surface area contributed by atoms with Crippen molar-refractivity contribution < 1.29 is 13.5 Å². The van der Waals surface area contributed by atoms with Gasteiger partial charge in [0.2, 0.25) is 0 Å². The molecule has 0 saturated carbocycles. The van der Waals surface area contributed by atoms with E-state index in [2.05, 4.69) is 4.98 Å². The zero-order chi connectivity index (χ0) is 15.5. The van der Waals surface area contributed by atoms with Crippen molar-refractivity contribution in [3.8, 4) is 0 Å². The number of aliphatic hydroxyl groups excluding tert-OH is 1. The monoisotopic (exact) mass is 326 g/mol. The summed E-state index contributed by atoms with van der Waals surface area (Å²) in [5.74, 6) is 0. The molecular weight excluding hydrogens is 308 g/mol. The molecule has 114 valence electrons. The molecule has 0 aliphatic heterocycles. The molecule has 1 aromatic heterocycles. The van der Waals surface area contributed by atoms with Crippen molar-refractivity contribution in [3.63, 3.8) is 0 Å². The molecule has 1 atom stereocenters. The van der Waals surface area contributed by atoms with E-state index in [-0.39, 0.29) is 4.90 Å². The van der Waals surface area contributed by atoms with Gasteiger partial charge in [0.1, 0.15) is 5.01 Å². The van der Waals surface area contributed by atoms with Gasteiger partial charge in [-0.3, -0.25) is 4.90 Å². The van der Waals surface area contributed by atoms with E-state index in [1.54, 1.807) is 29.7 Å². The van der Waals surface area contributed by atoms with E-state index in [0.717, 1.165) is 5.01 Å². The molecule has 0 aliphatic carbocycles. The zero-order valence-corrected chi connectivity index (χ0v) is 13.6. The Morgan fingerprint density at radius 3 is 2.52 bits per heavy atom. The van der Waals surface area contributed by atoms with Gasteiger partial charge in [-0.2, -0.15) is 0 Å². The number of likely N-dealkylation sites (N-methyl/N-ethyl adjacent to an activating group) is 1. The number of thiazole rings is 1. The number of hydrogen-bond acceptors (Lipinski definition) is 6. The number of sulfone groups is 1. The molecule has 1 aromatic carbocycles. The van der Waals surface area contributed by atoms with Crippen LogP contribution in [-0.2, 0) is 16.4 Å². The highest BCUT2D eigenvalue weighted by molar-refractivity contribution is 7.90. The second-order valence-corrected chi connectivity index (χ2v) is 7.97. The predicted molar refractivity (Wildman–Crippen MR) is 83.0 cm³/mol. The first-order chi connectivity index (χ1) is 9.86. The molecular formula is C14H18N2O3S2. The summed E-state index contributed by atoms with van der Waals surface area (Å²) in [4.78, 5) is 6.44. The van der Waals surface area contributed by atoms with Crippen LogP contribution < -0.4 is 0 Å². The average Bonchev–Trinajstić information content (AvgIpc) is 2.90. The minimum atomic E-state index is -3.20. The number of nitrogens with zero attached hydrogens (tertiary/aromatic N) is 2. The summed E-state index contributed by atoms with van der Waals surface area (Å²) >= 11 is 1.58. The largest absolute Gasteiger partial charge is 0.387 e. The maximum Gasteiger partial charge on any atom is 0.175 e. The van der Waals surface area contributed by atoms with Crippen LogP contribution in [-0.4, -0.2) is 43.3 Å². The standard InChI is InChI=1S/C14H18N2O3S2/c1-16(10-14-15-7-8-20-14)9-13(17)11-3-5-12(6-4-11)21(2,18)19/h3-8,13,17H,9-10H2,1-2H3. The second kappa shape index (κ2) is 6.65. The molecule has 1 N–H and O–H groups in total. The topological polar surface area (TPSA) is 70.5 Å². The van der Waals surface area contributed by atoms with E-state index in [9.17, 15) is 13.5 Å². The van der Waals surface area contributed by atoms with E-state index in [0.29, 0.717) is 18.7 Å². The Hall–Kier alpha value is -1.28. The molecule has 2 rings (SSSR count). The maximum atomic E-state index is 11.4. The Kier molecular flexibility index (Phi) is 5.10. The van der Waals surface area contributed by atoms with Crippen LogP contribution in [0.1, 0.15) is 16.7 Å². The van der Waals surface area contributed by atoms with Crippen molar-refractivity contribution in [1.29, 1.82) is 0 Å². The van der Waals surface area contributed by atoms with Crippen molar-refractivity contribution >= 4 is 21.2 Å². The smallest absolute Gasteiger partial charge is 0.175 e. The highest BCUT2D eigenvalue weighted by Crippen LogP contribution is 2.18. The van der Waals surface area contributed by atoms with Gasteiger partial charge in [-0.15, -0.1) is 11.3 Å². The third kappa shape index (κ3) is 4.60. The van der Waals surface area contributed by atoms with Crippen LogP contribution >= 0.6 is 11.3 Å². The van der Waals surface area contributed by atoms with E-state index in [4.69, 9.17) is 0 Å². The minimum Gasteiger partial charge on any atom is -0.387 e. The Balaban J connectivity index is 1.98. The molecule has 0 radical (unpaired) electrons. The second-order valence-electron chi connectivity index (χ2n) is 4.98. The van der Waals surface area contributed by atoms with Gasteiger partial charge in [-0.05, 0) is 24.7 Å². The molecule has 7 heteroatoms. The lowest BCUT2D eigenvalue weighted by molar-refractivity contribution is 0.123. The summed E-state index contributed by atoms with van der Waals surface area (Å²) < 4.78 is 22.8. The number of benzene rings is 1. The van der Waals surface area contributed by atoms with E-state index >= 15 is 0 Å². The fraction of sp³-hybridized carbons (Fsp3) is 0.357. The molecule has 0 saturated heterocycles. The molecule has 0 fully saturated rings. The van der Waals surface area contributed by atoms with Crippen LogP contribution in [0.4, 0.5) is 0 Å². The summed E-state index contributed by atoms with van der Waals surface area (Å²) in [6.45, 7) is 1.13. The van der Waals surface area contributed by atoms with Crippen LogP contribution in [0.25, 0.3) is 0 Å². The molecule has 5 nitrogen and oxygen atoms in total. The number of rotatable bonds is 6. The van der Waals surface area contributed by atoms with Crippen molar-refractivity contribution in [3.05, 3.63) is 46.4 Å². The zero-order valence-electron chi connectivity index (χ0n) is 11.9. The van der Waals surface area contributed by atoms with Gasteiger partial charge in [-0.1, -0.05) is 12.1 Å². The highest BCUT2D eigenvalue weighted by Gasteiger charge is 2.13. The fourth-order valence-corrected chi connectivity index (χ4v) is 3.29. The van der Waals surface area contributed by atoms with Gasteiger partial charge in [0, 0.05) is 24.4 Å². The first-order valence-electron chi connectivity index (χ1n) is 6.41. The Bertz CT molecular complexity index is 667. The van der Waals surface area contributed by atoms with E-state index in [1.807, 2.05) is 17.3 Å². The lowest BCUT2D eigenvalue weighted by atomic mass is 10.1. The molecule has 21 heavy (non-hydrogen) atoms. The SMILES string of the molecule is CN(Cc1nccs1)CC(O)c1ccc(S(C)(=O)=O)cc1. The summed E-state index contributed by atoms with van der Waals surface area (Å²) in [5, 5.41) is 13.1. The molecule has 0 bridgehead atoms. The van der Waals surface area contributed by atoms with E-state index < -0.39 is 15.9 Å². The fourth-order valence-electron chi connectivity index (χ4n) is 1.96. The molecule has 0 aliphatic rings. The quantitative estimate of drug-likeness (QED) is 0.875. The van der Waals surface area contributed by atoms with Crippen LogP contribution in [0.5, 0.6) is 0 Å². The molecule has 2 aromatic rings. The number of aromatic nitrogens is 1. The first kappa shape index (κ1) is 16.1. The molecule has 1 heterocycles. The van der Waals surface area contributed by atoms with Gasteiger partial charge < -0.3 is 5.11 Å². The third-order valence-electron chi connectivity index (χ3n) is 3.07. The molecule has 0 amide bonds. The molecule has 0 spiro atoms. The summed E-state index contributed by atoms with van der Waals surface area (Å²) in [7, 11) is -1.29. The minimum absolute atomic E-state index is 0.259. The van der Waals surface area contributed by atoms with Gasteiger partial charge >= 0.3 is 0 Å². The van der Waals surface area contributed by atoms with Gasteiger partial charge in [0.25, 0.3) is 0 Å². The number of hydrogen-bond donors (Lipinski definition) is 1. The van der Waals surface area contributed by atoms with E-state index in [1.165, 1.54) is 18.4 Å².